The molecule has 122 valence electrons. The van der Waals surface area contributed by atoms with Gasteiger partial charge in [-0.25, -0.2) is 0 Å². The van der Waals surface area contributed by atoms with Crippen molar-refractivity contribution in [2.45, 2.75) is 38.4 Å². The van der Waals surface area contributed by atoms with E-state index in [0.29, 0.717) is 6.61 Å². The van der Waals surface area contributed by atoms with Crippen LogP contribution in [0, 0.1) is 16.7 Å². The molecule has 1 aliphatic carbocycles. The zero-order chi connectivity index (χ0) is 16.3. The van der Waals surface area contributed by atoms with E-state index in [1.54, 1.807) is 6.08 Å². The third-order valence-electron chi connectivity index (χ3n) is 5.42. The van der Waals surface area contributed by atoms with Crippen molar-refractivity contribution in [2.24, 2.45) is 5.41 Å². The summed E-state index contributed by atoms with van der Waals surface area (Å²) < 4.78 is 5.82. The van der Waals surface area contributed by atoms with Crippen LogP contribution < -0.4 is 0 Å². The van der Waals surface area contributed by atoms with Crippen molar-refractivity contribution in [3.05, 3.63) is 42.0 Å². The zero-order valence-electron chi connectivity index (χ0n) is 13.6. The number of hydrogen-bond acceptors (Lipinski definition) is 4. The quantitative estimate of drug-likeness (QED) is 0.869. The van der Waals surface area contributed by atoms with Gasteiger partial charge in [-0.1, -0.05) is 30.3 Å². The lowest BCUT2D eigenvalue weighted by Gasteiger charge is -2.57. The van der Waals surface area contributed by atoms with E-state index in [9.17, 15) is 5.11 Å². The molecule has 0 aromatic heterocycles. The Hall–Kier alpha value is -1.83. The molecule has 2 unspecified atom stereocenters. The van der Waals surface area contributed by atoms with Crippen molar-refractivity contribution in [2.75, 3.05) is 19.7 Å². The van der Waals surface area contributed by atoms with E-state index in [0.717, 1.165) is 43.6 Å². The molecule has 1 N–H and O–H groups in total. The molecule has 4 heteroatoms. The summed E-state index contributed by atoms with van der Waals surface area (Å²) in [6.07, 6.45) is 4.15. The normalized spacial score (nSPS) is 26.7. The lowest BCUT2D eigenvalue weighted by atomic mass is 9.58. The highest BCUT2D eigenvalue weighted by Crippen LogP contribution is 2.51. The molecule has 2 fully saturated rings. The van der Waals surface area contributed by atoms with Crippen molar-refractivity contribution in [1.29, 1.82) is 5.26 Å². The molecule has 1 saturated carbocycles. The van der Waals surface area contributed by atoms with E-state index in [1.165, 1.54) is 0 Å². The van der Waals surface area contributed by atoms with Crippen LogP contribution in [0.3, 0.4) is 0 Å². The van der Waals surface area contributed by atoms with Crippen LogP contribution in [-0.4, -0.2) is 41.9 Å². The zero-order valence-corrected chi connectivity index (χ0v) is 13.6. The summed E-state index contributed by atoms with van der Waals surface area (Å²) in [7, 11) is 0. The molecule has 2 atom stereocenters. The molecule has 0 amide bonds. The fourth-order valence-electron chi connectivity index (χ4n) is 4.01. The first-order valence-electron chi connectivity index (χ1n) is 8.41. The van der Waals surface area contributed by atoms with E-state index < -0.39 is 0 Å². The minimum atomic E-state index is -0.249. The third-order valence-corrected chi connectivity index (χ3v) is 5.42. The van der Waals surface area contributed by atoms with Crippen LogP contribution in [0.15, 0.2) is 36.4 Å². The molecular weight excluding hydrogens is 288 g/mol. The smallest absolute Gasteiger partial charge is 0.0934 e. The van der Waals surface area contributed by atoms with Gasteiger partial charge >= 0.3 is 0 Å². The molecule has 1 spiro atoms. The molecule has 4 nitrogen and oxygen atoms in total. The second kappa shape index (κ2) is 6.74. The molecular formula is C19H24N2O2. The van der Waals surface area contributed by atoms with E-state index in [-0.39, 0.29) is 17.6 Å². The Bertz CT molecular complexity index is 596. The molecule has 23 heavy (non-hydrogen) atoms. The van der Waals surface area contributed by atoms with Crippen LogP contribution in [0.5, 0.6) is 0 Å². The predicted molar refractivity (Wildman–Crippen MR) is 89.3 cm³/mol. The molecule has 1 heterocycles. The maximum absolute atomic E-state index is 10.3. The van der Waals surface area contributed by atoms with Crippen LogP contribution in [0.4, 0.5) is 0 Å². The molecule has 1 saturated heterocycles. The van der Waals surface area contributed by atoms with Crippen LogP contribution in [0.2, 0.25) is 0 Å². The van der Waals surface area contributed by atoms with Crippen molar-refractivity contribution >= 4 is 5.70 Å². The summed E-state index contributed by atoms with van der Waals surface area (Å²) in [5, 5.41) is 19.4. The SMILES string of the molecule is CCOC1CC(O)C12CCN(/C(=C/C#N)c1ccccc1)CC2. The predicted octanol–water partition coefficient (Wildman–Crippen LogP) is 2.80. The summed E-state index contributed by atoms with van der Waals surface area (Å²) in [6, 6.07) is 12.2. The second-order valence-corrected chi connectivity index (χ2v) is 6.44. The lowest BCUT2D eigenvalue weighted by Crippen LogP contribution is -2.62. The van der Waals surface area contributed by atoms with Crippen molar-refractivity contribution in [3.8, 4) is 6.07 Å². The highest BCUT2D eigenvalue weighted by atomic mass is 16.5. The van der Waals surface area contributed by atoms with Crippen LogP contribution in [0.1, 0.15) is 31.7 Å². The highest BCUT2D eigenvalue weighted by Gasteiger charge is 2.56. The number of piperidine rings is 1. The van der Waals surface area contributed by atoms with Crippen LogP contribution >= 0.6 is 0 Å². The first-order valence-corrected chi connectivity index (χ1v) is 8.41. The number of rotatable bonds is 4. The molecule has 1 aromatic rings. The number of aliphatic hydroxyl groups is 1. The Kier molecular flexibility index (Phi) is 4.70. The van der Waals surface area contributed by atoms with E-state index in [1.807, 2.05) is 37.3 Å². The summed E-state index contributed by atoms with van der Waals surface area (Å²) in [6.45, 7) is 4.41. The number of nitriles is 1. The Morgan fingerprint density at radius 2 is 2.09 bits per heavy atom. The first-order chi connectivity index (χ1) is 11.2. The van der Waals surface area contributed by atoms with Crippen molar-refractivity contribution in [3.63, 3.8) is 0 Å². The van der Waals surface area contributed by atoms with E-state index in [4.69, 9.17) is 10.00 Å². The average Bonchev–Trinajstić information content (AvgIpc) is 2.60. The monoisotopic (exact) mass is 312 g/mol. The number of aliphatic hydroxyl groups excluding tert-OH is 1. The van der Waals surface area contributed by atoms with Gasteiger partial charge in [-0.2, -0.15) is 5.26 Å². The summed E-state index contributed by atoms with van der Waals surface area (Å²) in [5.41, 5.74) is 1.96. The maximum Gasteiger partial charge on any atom is 0.0934 e. The Morgan fingerprint density at radius 3 is 2.65 bits per heavy atom. The average molecular weight is 312 g/mol. The van der Waals surface area contributed by atoms with Gasteiger partial charge in [0.1, 0.15) is 0 Å². The first kappa shape index (κ1) is 16.0. The Morgan fingerprint density at radius 1 is 1.39 bits per heavy atom. The molecule has 0 bridgehead atoms. The third kappa shape index (κ3) is 2.87. The number of allylic oxidation sites excluding steroid dienone is 1. The van der Waals surface area contributed by atoms with Crippen LogP contribution in [0.25, 0.3) is 5.70 Å². The van der Waals surface area contributed by atoms with Gasteiger partial charge in [0.2, 0.25) is 0 Å². The van der Waals surface area contributed by atoms with Crippen molar-refractivity contribution < 1.29 is 9.84 Å². The number of nitrogens with zero attached hydrogens (tertiary/aromatic N) is 2. The van der Waals surface area contributed by atoms with Gasteiger partial charge < -0.3 is 14.7 Å². The topological polar surface area (TPSA) is 56.5 Å². The largest absolute Gasteiger partial charge is 0.392 e. The molecule has 3 rings (SSSR count). The standard InChI is InChI=1S/C19H24N2O2/c1-2-23-18-14-17(22)19(18)9-12-21(13-10-19)16(8-11-20)15-6-4-3-5-7-15/h3-8,17-18,22H,2,9-10,12-14H2,1H3/b16-8+. The Labute approximate surface area is 138 Å². The Balaban J connectivity index is 1.73. The number of ether oxygens (including phenoxy) is 1. The van der Waals surface area contributed by atoms with Gasteiger partial charge in [0.25, 0.3) is 0 Å². The van der Waals surface area contributed by atoms with E-state index >= 15 is 0 Å². The van der Waals surface area contributed by atoms with Gasteiger partial charge in [0.15, 0.2) is 0 Å². The highest BCUT2D eigenvalue weighted by molar-refractivity contribution is 5.66. The summed E-state index contributed by atoms with van der Waals surface area (Å²) in [5.74, 6) is 0. The molecule has 1 aliphatic heterocycles. The molecule has 1 aromatic carbocycles. The molecule has 0 radical (unpaired) electrons. The van der Waals surface area contributed by atoms with E-state index in [2.05, 4.69) is 11.0 Å². The van der Waals surface area contributed by atoms with Gasteiger partial charge in [-0.3, -0.25) is 0 Å². The minimum absolute atomic E-state index is 0.0824. The fraction of sp³-hybridized carbons (Fsp3) is 0.526. The van der Waals surface area contributed by atoms with Gasteiger partial charge in [-0.05, 0) is 25.3 Å². The lowest BCUT2D eigenvalue weighted by molar-refractivity contribution is -0.207. The molecule has 2 aliphatic rings. The van der Waals surface area contributed by atoms with Gasteiger partial charge in [0.05, 0.1) is 24.0 Å². The van der Waals surface area contributed by atoms with Gasteiger partial charge in [0, 0.05) is 37.6 Å². The minimum Gasteiger partial charge on any atom is -0.392 e. The van der Waals surface area contributed by atoms with Gasteiger partial charge in [-0.15, -0.1) is 0 Å². The van der Waals surface area contributed by atoms with Crippen LogP contribution in [-0.2, 0) is 4.74 Å². The van der Waals surface area contributed by atoms with Crippen molar-refractivity contribution in [1.82, 2.24) is 4.90 Å². The summed E-state index contributed by atoms with van der Waals surface area (Å²) >= 11 is 0. The fourth-order valence-corrected chi connectivity index (χ4v) is 4.01. The summed E-state index contributed by atoms with van der Waals surface area (Å²) in [4.78, 5) is 2.26. The number of likely N-dealkylation sites (tertiary alicyclic amines) is 1. The number of hydrogen-bond donors (Lipinski definition) is 1. The number of benzene rings is 1. The maximum atomic E-state index is 10.3. The second-order valence-electron chi connectivity index (χ2n) is 6.44.